The van der Waals surface area contributed by atoms with Gasteiger partial charge in [-0.3, -0.25) is 0 Å². The molecule has 1 atom stereocenters. The van der Waals surface area contributed by atoms with E-state index in [0.717, 1.165) is 24.1 Å². The minimum Gasteiger partial charge on any atom is -0.382 e. The molecule has 1 aromatic rings. The standard InChI is InChI=1S/C12H16FNO/c1-3-12(8-15-2)7-9-6-10(13)4-5-11(9)14-12/h4-6,14H,3,7-8H2,1-2H3. The molecule has 1 unspecified atom stereocenters. The second kappa shape index (κ2) is 3.81. The average molecular weight is 209 g/mol. The molecule has 1 heterocycles. The molecule has 0 spiro atoms. The Balaban J connectivity index is 2.26. The first-order valence-corrected chi connectivity index (χ1v) is 5.25. The Labute approximate surface area is 89.4 Å². The van der Waals surface area contributed by atoms with E-state index in [4.69, 9.17) is 4.74 Å². The lowest BCUT2D eigenvalue weighted by Crippen LogP contribution is -2.40. The van der Waals surface area contributed by atoms with Gasteiger partial charge in [0, 0.05) is 12.8 Å². The number of benzene rings is 1. The van der Waals surface area contributed by atoms with Crippen molar-refractivity contribution < 1.29 is 9.13 Å². The molecule has 82 valence electrons. The maximum absolute atomic E-state index is 13.0. The molecule has 1 aliphatic rings. The van der Waals surface area contributed by atoms with Crippen molar-refractivity contribution in [1.82, 2.24) is 0 Å². The largest absolute Gasteiger partial charge is 0.382 e. The Morgan fingerprint density at radius 3 is 3.00 bits per heavy atom. The van der Waals surface area contributed by atoms with E-state index in [0.29, 0.717) is 6.61 Å². The molecule has 3 heteroatoms. The Kier molecular flexibility index (Phi) is 2.65. The third-order valence-corrected chi connectivity index (χ3v) is 3.09. The molecular weight excluding hydrogens is 193 g/mol. The molecule has 0 aliphatic carbocycles. The van der Waals surface area contributed by atoms with E-state index in [1.807, 2.05) is 0 Å². The topological polar surface area (TPSA) is 21.3 Å². The summed E-state index contributed by atoms with van der Waals surface area (Å²) < 4.78 is 18.3. The van der Waals surface area contributed by atoms with Crippen LogP contribution in [0.4, 0.5) is 10.1 Å². The fourth-order valence-electron chi connectivity index (χ4n) is 2.20. The number of hydrogen-bond acceptors (Lipinski definition) is 2. The summed E-state index contributed by atoms with van der Waals surface area (Å²) in [6.07, 6.45) is 1.81. The van der Waals surface area contributed by atoms with Crippen molar-refractivity contribution >= 4 is 5.69 Å². The van der Waals surface area contributed by atoms with Crippen molar-refractivity contribution in [3.05, 3.63) is 29.6 Å². The van der Waals surface area contributed by atoms with E-state index in [2.05, 4.69) is 12.2 Å². The molecule has 0 saturated heterocycles. The summed E-state index contributed by atoms with van der Waals surface area (Å²) in [5.74, 6) is -0.167. The van der Waals surface area contributed by atoms with E-state index >= 15 is 0 Å². The van der Waals surface area contributed by atoms with E-state index in [1.54, 1.807) is 19.2 Å². The fourth-order valence-corrected chi connectivity index (χ4v) is 2.20. The summed E-state index contributed by atoms with van der Waals surface area (Å²) in [7, 11) is 1.70. The molecule has 0 radical (unpaired) electrons. The number of hydrogen-bond donors (Lipinski definition) is 1. The third kappa shape index (κ3) is 1.84. The average Bonchev–Trinajstić information content (AvgIpc) is 2.56. The quantitative estimate of drug-likeness (QED) is 0.826. The van der Waals surface area contributed by atoms with E-state index < -0.39 is 0 Å². The van der Waals surface area contributed by atoms with Crippen LogP contribution in [-0.2, 0) is 11.2 Å². The third-order valence-electron chi connectivity index (χ3n) is 3.09. The molecule has 0 aromatic heterocycles. The highest BCUT2D eigenvalue weighted by Gasteiger charge is 2.35. The van der Waals surface area contributed by atoms with Gasteiger partial charge in [0.15, 0.2) is 0 Å². The summed E-state index contributed by atoms with van der Waals surface area (Å²) in [4.78, 5) is 0. The minimum atomic E-state index is -0.167. The molecule has 0 amide bonds. The van der Waals surface area contributed by atoms with Gasteiger partial charge < -0.3 is 10.1 Å². The van der Waals surface area contributed by atoms with Crippen molar-refractivity contribution in [2.75, 3.05) is 19.0 Å². The van der Waals surface area contributed by atoms with Crippen molar-refractivity contribution in [2.24, 2.45) is 0 Å². The molecular formula is C12H16FNO. The van der Waals surface area contributed by atoms with Crippen molar-refractivity contribution in [3.8, 4) is 0 Å². The fraction of sp³-hybridized carbons (Fsp3) is 0.500. The van der Waals surface area contributed by atoms with Gasteiger partial charge in [-0.15, -0.1) is 0 Å². The van der Waals surface area contributed by atoms with Gasteiger partial charge in [0.05, 0.1) is 12.1 Å². The zero-order valence-corrected chi connectivity index (χ0v) is 9.14. The molecule has 15 heavy (non-hydrogen) atoms. The number of nitrogens with one attached hydrogen (secondary N) is 1. The minimum absolute atomic E-state index is 0.0507. The molecule has 0 saturated carbocycles. The second-order valence-corrected chi connectivity index (χ2v) is 4.17. The Bertz CT molecular complexity index is 367. The first-order valence-electron chi connectivity index (χ1n) is 5.25. The highest BCUT2D eigenvalue weighted by Crippen LogP contribution is 2.34. The van der Waals surface area contributed by atoms with Gasteiger partial charge in [-0.1, -0.05) is 6.92 Å². The number of halogens is 1. The van der Waals surface area contributed by atoms with Crippen LogP contribution in [0.5, 0.6) is 0 Å². The monoisotopic (exact) mass is 209 g/mol. The van der Waals surface area contributed by atoms with Gasteiger partial charge >= 0.3 is 0 Å². The van der Waals surface area contributed by atoms with Crippen LogP contribution in [0.2, 0.25) is 0 Å². The summed E-state index contributed by atoms with van der Waals surface area (Å²) in [5.41, 5.74) is 2.04. The van der Waals surface area contributed by atoms with Crippen LogP contribution in [0.15, 0.2) is 18.2 Å². The van der Waals surface area contributed by atoms with Gasteiger partial charge in [-0.25, -0.2) is 4.39 Å². The predicted octanol–water partition coefficient (Wildman–Crippen LogP) is 2.59. The van der Waals surface area contributed by atoms with Gasteiger partial charge in [0.25, 0.3) is 0 Å². The van der Waals surface area contributed by atoms with Crippen molar-refractivity contribution in [3.63, 3.8) is 0 Å². The Morgan fingerprint density at radius 2 is 2.33 bits per heavy atom. The SMILES string of the molecule is CCC1(COC)Cc2cc(F)ccc2N1. The zero-order chi connectivity index (χ0) is 10.9. The number of rotatable bonds is 3. The second-order valence-electron chi connectivity index (χ2n) is 4.17. The van der Waals surface area contributed by atoms with Gasteiger partial charge in [-0.2, -0.15) is 0 Å². The van der Waals surface area contributed by atoms with Crippen molar-refractivity contribution in [1.29, 1.82) is 0 Å². The summed E-state index contributed by atoms with van der Waals surface area (Å²) >= 11 is 0. The molecule has 0 fully saturated rings. The van der Waals surface area contributed by atoms with Crippen LogP contribution >= 0.6 is 0 Å². The first kappa shape index (κ1) is 10.4. The smallest absolute Gasteiger partial charge is 0.123 e. The number of methoxy groups -OCH3 is 1. The Morgan fingerprint density at radius 1 is 1.53 bits per heavy atom. The lowest BCUT2D eigenvalue weighted by atomic mass is 9.93. The van der Waals surface area contributed by atoms with Crippen molar-refractivity contribution in [2.45, 2.75) is 25.3 Å². The molecule has 1 aromatic carbocycles. The number of fused-ring (bicyclic) bond motifs is 1. The Hall–Kier alpha value is -1.09. The summed E-state index contributed by atoms with van der Waals surface area (Å²) in [5, 5.41) is 3.43. The molecule has 0 bridgehead atoms. The molecule has 1 N–H and O–H groups in total. The molecule has 1 aliphatic heterocycles. The van der Waals surface area contributed by atoms with Gasteiger partial charge in [0.2, 0.25) is 0 Å². The normalized spacial score (nSPS) is 23.7. The lowest BCUT2D eigenvalue weighted by molar-refractivity contribution is 0.143. The maximum atomic E-state index is 13.0. The van der Waals surface area contributed by atoms with Crippen LogP contribution < -0.4 is 5.32 Å². The van der Waals surface area contributed by atoms with Crippen LogP contribution in [0.25, 0.3) is 0 Å². The van der Waals surface area contributed by atoms with Crippen LogP contribution in [0.3, 0.4) is 0 Å². The maximum Gasteiger partial charge on any atom is 0.123 e. The lowest BCUT2D eigenvalue weighted by Gasteiger charge is -2.27. The number of anilines is 1. The van der Waals surface area contributed by atoms with Crippen LogP contribution in [0, 0.1) is 5.82 Å². The zero-order valence-electron chi connectivity index (χ0n) is 9.14. The summed E-state index contributed by atoms with van der Waals surface area (Å²) in [6, 6.07) is 4.90. The summed E-state index contributed by atoms with van der Waals surface area (Å²) in [6.45, 7) is 2.77. The first-order chi connectivity index (χ1) is 7.19. The van der Waals surface area contributed by atoms with E-state index in [-0.39, 0.29) is 11.4 Å². The van der Waals surface area contributed by atoms with E-state index in [1.165, 1.54) is 6.07 Å². The molecule has 2 rings (SSSR count). The van der Waals surface area contributed by atoms with Gasteiger partial charge in [-0.05, 0) is 36.6 Å². The highest BCUT2D eigenvalue weighted by molar-refractivity contribution is 5.59. The van der Waals surface area contributed by atoms with Crippen LogP contribution in [-0.4, -0.2) is 19.3 Å². The number of ether oxygens (including phenoxy) is 1. The van der Waals surface area contributed by atoms with Crippen LogP contribution in [0.1, 0.15) is 18.9 Å². The molecule has 2 nitrogen and oxygen atoms in total. The highest BCUT2D eigenvalue weighted by atomic mass is 19.1. The predicted molar refractivity (Wildman–Crippen MR) is 58.6 cm³/mol. The van der Waals surface area contributed by atoms with Gasteiger partial charge in [0.1, 0.15) is 5.82 Å². The van der Waals surface area contributed by atoms with E-state index in [9.17, 15) is 4.39 Å².